The van der Waals surface area contributed by atoms with Gasteiger partial charge in [0, 0.05) is 44.9 Å². The molecule has 0 bridgehead atoms. The number of hydrogen-bond donors (Lipinski definition) is 1. The zero-order chi connectivity index (χ0) is 17.5. The number of carbonyl (C=O) groups excluding carboxylic acids is 1. The Morgan fingerprint density at radius 1 is 1.48 bits per heavy atom. The highest BCUT2D eigenvalue weighted by Crippen LogP contribution is 2.27. The maximum Gasteiger partial charge on any atom is 0.289 e. The maximum atomic E-state index is 12.0. The summed E-state index contributed by atoms with van der Waals surface area (Å²) in [4.78, 5) is 18.8. The van der Waals surface area contributed by atoms with Crippen LogP contribution in [0.25, 0.3) is 0 Å². The minimum absolute atomic E-state index is 0.253. The van der Waals surface area contributed by atoms with Gasteiger partial charge in [0.05, 0.1) is 18.0 Å². The van der Waals surface area contributed by atoms with Gasteiger partial charge < -0.3 is 14.6 Å². The summed E-state index contributed by atoms with van der Waals surface area (Å²) in [6.07, 6.45) is 3.97. The Morgan fingerprint density at radius 2 is 2.40 bits per heavy atom. The summed E-state index contributed by atoms with van der Waals surface area (Å²) in [5.74, 6) is 0.284. The third kappa shape index (κ3) is 4.87. The van der Waals surface area contributed by atoms with Crippen LogP contribution in [0.2, 0.25) is 0 Å². The van der Waals surface area contributed by atoms with Crippen LogP contribution in [0.5, 0.6) is 0 Å². The molecule has 7 heteroatoms. The fourth-order valence-electron chi connectivity index (χ4n) is 3.10. The summed E-state index contributed by atoms with van der Waals surface area (Å²) in [6.45, 7) is 3.70. The lowest BCUT2D eigenvalue weighted by atomic mass is 9.94. The quantitative estimate of drug-likeness (QED) is 0.772. The van der Waals surface area contributed by atoms with Gasteiger partial charge in [-0.15, -0.1) is 0 Å². The van der Waals surface area contributed by atoms with Crippen molar-refractivity contribution in [1.82, 2.24) is 20.4 Å². The summed E-state index contributed by atoms with van der Waals surface area (Å²) in [5.41, 5.74) is 1.92. The first-order valence-corrected chi connectivity index (χ1v) is 8.62. The third-order valence-electron chi connectivity index (χ3n) is 4.38. The van der Waals surface area contributed by atoms with E-state index in [2.05, 4.69) is 20.4 Å². The van der Waals surface area contributed by atoms with Gasteiger partial charge in [-0.05, 0) is 31.5 Å². The van der Waals surface area contributed by atoms with Crippen molar-refractivity contribution in [3.05, 3.63) is 47.6 Å². The number of piperidine rings is 1. The molecule has 0 aromatic carbocycles. The van der Waals surface area contributed by atoms with Crippen LogP contribution in [0.4, 0.5) is 0 Å². The molecule has 1 fully saturated rings. The highest BCUT2D eigenvalue weighted by atomic mass is 16.5. The number of nitrogens with one attached hydrogen (secondary N) is 1. The number of amides is 1. The van der Waals surface area contributed by atoms with E-state index in [9.17, 15) is 4.79 Å². The molecule has 7 nitrogen and oxygen atoms in total. The lowest BCUT2D eigenvalue weighted by molar-refractivity contribution is 0.0900. The Hall–Kier alpha value is -2.25. The van der Waals surface area contributed by atoms with Crippen LogP contribution in [0.3, 0.4) is 0 Å². The Kier molecular flexibility index (Phi) is 6.14. The standard InChI is InChI=1S/C18H24N4O3/c1-24-10-8-20-18(23)17-11-16(21-25-17)14-5-4-9-22(12-14)13-15-6-2-3-7-19-15/h2-3,6-7,11,14H,4-5,8-10,12-13H2,1H3,(H,20,23)/t14-/m0/s1. The zero-order valence-electron chi connectivity index (χ0n) is 14.5. The van der Waals surface area contributed by atoms with Gasteiger partial charge in [-0.2, -0.15) is 0 Å². The molecule has 1 aliphatic heterocycles. The van der Waals surface area contributed by atoms with Crippen molar-refractivity contribution in [2.45, 2.75) is 25.3 Å². The Bertz CT molecular complexity index is 674. The van der Waals surface area contributed by atoms with Gasteiger partial charge in [-0.1, -0.05) is 11.2 Å². The summed E-state index contributed by atoms with van der Waals surface area (Å²) in [5, 5.41) is 6.86. The van der Waals surface area contributed by atoms with Crippen LogP contribution in [0.1, 0.15) is 40.7 Å². The van der Waals surface area contributed by atoms with Gasteiger partial charge >= 0.3 is 0 Å². The van der Waals surface area contributed by atoms with Crippen LogP contribution in [-0.2, 0) is 11.3 Å². The van der Waals surface area contributed by atoms with Gasteiger partial charge in [0.2, 0.25) is 5.76 Å². The molecule has 1 N–H and O–H groups in total. The molecule has 1 amide bonds. The van der Waals surface area contributed by atoms with Crippen molar-refractivity contribution in [2.24, 2.45) is 0 Å². The number of methoxy groups -OCH3 is 1. The first-order valence-electron chi connectivity index (χ1n) is 8.62. The lowest BCUT2D eigenvalue weighted by Crippen LogP contribution is -2.34. The lowest BCUT2D eigenvalue weighted by Gasteiger charge is -2.31. The smallest absolute Gasteiger partial charge is 0.289 e. The van der Waals surface area contributed by atoms with Crippen molar-refractivity contribution >= 4 is 5.91 Å². The first kappa shape index (κ1) is 17.6. The van der Waals surface area contributed by atoms with E-state index in [4.69, 9.17) is 9.26 Å². The number of ether oxygens (including phenoxy) is 1. The Balaban J connectivity index is 1.57. The highest BCUT2D eigenvalue weighted by molar-refractivity contribution is 5.91. The molecule has 25 heavy (non-hydrogen) atoms. The van der Waals surface area contributed by atoms with Gasteiger partial charge in [-0.25, -0.2) is 0 Å². The van der Waals surface area contributed by atoms with Gasteiger partial charge in [-0.3, -0.25) is 14.7 Å². The average Bonchev–Trinajstić information content (AvgIpc) is 3.13. The third-order valence-corrected chi connectivity index (χ3v) is 4.38. The molecule has 0 radical (unpaired) electrons. The molecular weight excluding hydrogens is 320 g/mol. The van der Waals surface area contributed by atoms with Crippen molar-refractivity contribution in [1.29, 1.82) is 0 Å². The van der Waals surface area contributed by atoms with Crippen LogP contribution in [0, 0.1) is 0 Å². The van der Waals surface area contributed by atoms with Crippen molar-refractivity contribution < 1.29 is 14.1 Å². The largest absolute Gasteiger partial charge is 0.383 e. The maximum absolute atomic E-state index is 12.0. The Labute approximate surface area is 147 Å². The minimum atomic E-state index is -0.253. The SMILES string of the molecule is COCCNC(=O)c1cc([C@H]2CCCN(Cc3ccccn3)C2)no1. The average molecular weight is 344 g/mol. The predicted octanol–water partition coefficient (Wildman–Crippen LogP) is 1.83. The minimum Gasteiger partial charge on any atom is -0.383 e. The fraction of sp³-hybridized carbons (Fsp3) is 0.500. The summed E-state index contributed by atoms with van der Waals surface area (Å²) in [6, 6.07) is 7.74. The number of rotatable bonds is 7. The van der Waals surface area contributed by atoms with E-state index in [-0.39, 0.29) is 17.6 Å². The second kappa shape index (κ2) is 8.73. The van der Waals surface area contributed by atoms with E-state index in [0.29, 0.717) is 13.2 Å². The van der Waals surface area contributed by atoms with Crippen molar-refractivity contribution in [3.63, 3.8) is 0 Å². The summed E-state index contributed by atoms with van der Waals surface area (Å²) >= 11 is 0. The number of carbonyl (C=O) groups is 1. The van der Waals surface area contributed by atoms with Crippen molar-refractivity contribution in [2.75, 3.05) is 33.4 Å². The van der Waals surface area contributed by atoms with Crippen LogP contribution in [0.15, 0.2) is 35.0 Å². The molecule has 0 aliphatic carbocycles. The van der Waals surface area contributed by atoms with Crippen molar-refractivity contribution in [3.8, 4) is 0 Å². The summed E-state index contributed by atoms with van der Waals surface area (Å²) in [7, 11) is 1.60. The molecule has 134 valence electrons. The zero-order valence-corrected chi connectivity index (χ0v) is 14.5. The molecule has 3 heterocycles. The topological polar surface area (TPSA) is 80.5 Å². The second-order valence-electron chi connectivity index (χ2n) is 6.26. The first-order chi connectivity index (χ1) is 12.3. The molecule has 0 saturated carbocycles. The van der Waals surface area contributed by atoms with Crippen LogP contribution < -0.4 is 5.32 Å². The van der Waals surface area contributed by atoms with E-state index < -0.39 is 0 Å². The Morgan fingerprint density at radius 3 is 3.20 bits per heavy atom. The van der Waals surface area contributed by atoms with E-state index in [1.807, 2.05) is 24.4 Å². The monoisotopic (exact) mass is 344 g/mol. The number of likely N-dealkylation sites (tertiary alicyclic amines) is 1. The molecule has 1 aliphatic rings. The normalized spacial score (nSPS) is 18.2. The number of aromatic nitrogens is 2. The molecule has 0 spiro atoms. The number of pyridine rings is 1. The molecule has 1 saturated heterocycles. The molecule has 1 atom stereocenters. The molecular formula is C18H24N4O3. The number of nitrogens with zero attached hydrogens (tertiary/aromatic N) is 3. The van der Waals surface area contributed by atoms with E-state index in [1.165, 1.54) is 0 Å². The second-order valence-corrected chi connectivity index (χ2v) is 6.26. The highest BCUT2D eigenvalue weighted by Gasteiger charge is 2.25. The molecule has 2 aromatic rings. The van der Waals surface area contributed by atoms with Crippen LogP contribution >= 0.6 is 0 Å². The number of hydrogen-bond acceptors (Lipinski definition) is 6. The molecule has 0 unspecified atom stereocenters. The van der Waals surface area contributed by atoms with E-state index >= 15 is 0 Å². The van der Waals surface area contributed by atoms with E-state index in [1.54, 1.807) is 13.2 Å². The molecule has 3 rings (SSSR count). The summed E-state index contributed by atoms with van der Waals surface area (Å²) < 4.78 is 10.1. The fourth-order valence-corrected chi connectivity index (χ4v) is 3.10. The predicted molar refractivity (Wildman–Crippen MR) is 92.2 cm³/mol. The van der Waals surface area contributed by atoms with Gasteiger partial charge in [0.25, 0.3) is 5.91 Å². The van der Waals surface area contributed by atoms with Gasteiger partial charge in [0.15, 0.2) is 0 Å². The van der Waals surface area contributed by atoms with Gasteiger partial charge in [0.1, 0.15) is 0 Å². The van der Waals surface area contributed by atoms with Crippen LogP contribution in [-0.4, -0.2) is 54.3 Å². The van der Waals surface area contributed by atoms with E-state index in [0.717, 1.165) is 43.9 Å². The molecule has 2 aromatic heterocycles.